The molecule has 114 valence electrons. The van der Waals surface area contributed by atoms with Gasteiger partial charge in [-0.25, -0.2) is 4.39 Å². The van der Waals surface area contributed by atoms with Gasteiger partial charge in [0.2, 0.25) is 11.8 Å². The van der Waals surface area contributed by atoms with Crippen LogP contribution in [0.2, 0.25) is 0 Å². The van der Waals surface area contributed by atoms with Gasteiger partial charge in [-0.3, -0.25) is 9.59 Å². The maximum Gasteiger partial charge on any atom is 0.242 e. The monoisotopic (exact) mass is 293 g/mol. The van der Waals surface area contributed by atoms with E-state index in [2.05, 4.69) is 10.2 Å². The van der Waals surface area contributed by atoms with E-state index in [4.69, 9.17) is 0 Å². The Morgan fingerprint density at radius 2 is 1.76 bits per heavy atom. The Morgan fingerprint density at radius 1 is 1.14 bits per heavy atom. The summed E-state index contributed by atoms with van der Waals surface area (Å²) in [4.78, 5) is 27.0. The molecule has 0 atom stereocenters. The van der Waals surface area contributed by atoms with Crippen LogP contribution >= 0.6 is 0 Å². The zero-order valence-electron chi connectivity index (χ0n) is 12.1. The first-order valence-corrected chi connectivity index (χ1v) is 7.15. The summed E-state index contributed by atoms with van der Waals surface area (Å²) in [6.07, 6.45) is 0.381. The highest BCUT2D eigenvalue weighted by Crippen LogP contribution is 2.16. The van der Waals surface area contributed by atoms with Crippen molar-refractivity contribution in [1.82, 2.24) is 10.2 Å². The molecule has 5 nitrogen and oxygen atoms in total. The number of nitrogens with zero attached hydrogens (tertiary/aromatic N) is 2. The summed E-state index contributed by atoms with van der Waals surface area (Å²) in [5.41, 5.74) is 0.961. The molecule has 0 saturated carbocycles. The second-order valence-electron chi connectivity index (χ2n) is 4.97. The molecule has 1 saturated heterocycles. The number of halogens is 1. The van der Waals surface area contributed by atoms with Gasteiger partial charge in [-0.15, -0.1) is 0 Å². The molecule has 0 aliphatic carbocycles. The van der Waals surface area contributed by atoms with Gasteiger partial charge < -0.3 is 15.1 Å². The lowest BCUT2D eigenvalue weighted by Crippen LogP contribution is -2.51. The van der Waals surface area contributed by atoms with E-state index < -0.39 is 0 Å². The fourth-order valence-electron chi connectivity index (χ4n) is 2.28. The number of hydrogen-bond acceptors (Lipinski definition) is 3. The number of piperazine rings is 1. The van der Waals surface area contributed by atoms with Crippen molar-refractivity contribution >= 4 is 17.5 Å². The van der Waals surface area contributed by atoms with Gasteiger partial charge in [0.25, 0.3) is 0 Å². The van der Waals surface area contributed by atoms with E-state index in [1.54, 1.807) is 24.0 Å². The molecule has 1 aromatic carbocycles. The second kappa shape index (κ2) is 7.06. The van der Waals surface area contributed by atoms with Crippen LogP contribution in [0.5, 0.6) is 0 Å². The summed E-state index contributed by atoms with van der Waals surface area (Å²) in [5.74, 6) is -0.428. The van der Waals surface area contributed by atoms with Gasteiger partial charge in [-0.2, -0.15) is 0 Å². The first-order valence-electron chi connectivity index (χ1n) is 7.15. The smallest absolute Gasteiger partial charge is 0.242 e. The average Bonchev–Trinajstić information content (AvgIpc) is 2.53. The first-order chi connectivity index (χ1) is 10.1. The van der Waals surface area contributed by atoms with Crippen LogP contribution in [0, 0.1) is 5.82 Å². The molecule has 1 aliphatic rings. The highest BCUT2D eigenvalue weighted by molar-refractivity contribution is 5.84. The fraction of sp³-hybridized carbons (Fsp3) is 0.467. The van der Waals surface area contributed by atoms with Crippen molar-refractivity contribution in [2.75, 3.05) is 37.6 Å². The van der Waals surface area contributed by atoms with Gasteiger partial charge >= 0.3 is 0 Å². The minimum atomic E-state index is -0.251. The molecule has 0 unspecified atom stereocenters. The molecular formula is C15H20FN3O2. The Morgan fingerprint density at radius 3 is 2.33 bits per heavy atom. The highest BCUT2D eigenvalue weighted by Gasteiger charge is 2.21. The minimum Gasteiger partial charge on any atom is -0.368 e. The minimum absolute atomic E-state index is 0.0588. The molecule has 21 heavy (non-hydrogen) atoms. The SMILES string of the molecule is CCC(=O)NCC(=O)N1CCN(c2ccc(F)cc2)CC1. The van der Waals surface area contributed by atoms with E-state index >= 15 is 0 Å². The topological polar surface area (TPSA) is 52.7 Å². The van der Waals surface area contributed by atoms with Gasteiger partial charge in [0.1, 0.15) is 5.82 Å². The van der Waals surface area contributed by atoms with E-state index in [-0.39, 0.29) is 24.2 Å². The highest BCUT2D eigenvalue weighted by atomic mass is 19.1. The number of carbonyl (C=O) groups is 2. The molecule has 0 radical (unpaired) electrons. The number of hydrogen-bond donors (Lipinski definition) is 1. The molecule has 1 N–H and O–H groups in total. The lowest BCUT2D eigenvalue weighted by Gasteiger charge is -2.36. The number of anilines is 1. The van der Waals surface area contributed by atoms with Crippen molar-refractivity contribution in [2.45, 2.75) is 13.3 Å². The van der Waals surface area contributed by atoms with Crippen LogP contribution in [-0.2, 0) is 9.59 Å². The summed E-state index contributed by atoms with van der Waals surface area (Å²) in [5, 5.41) is 2.59. The van der Waals surface area contributed by atoms with E-state index in [1.165, 1.54) is 12.1 Å². The Hall–Kier alpha value is -2.11. The van der Waals surface area contributed by atoms with Crippen LogP contribution in [-0.4, -0.2) is 49.4 Å². The molecule has 6 heteroatoms. The molecule has 1 heterocycles. The molecule has 0 aromatic heterocycles. The predicted molar refractivity (Wildman–Crippen MR) is 78.5 cm³/mol. The van der Waals surface area contributed by atoms with Crippen LogP contribution < -0.4 is 10.2 Å². The van der Waals surface area contributed by atoms with Gasteiger partial charge in [-0.05, 0) is 24.3 Å². The zero-order valence-corrected chi connectivity index (χ0v) is 12.1. The van der Waals surface area contributed by atoms with E-state index in [0.29, 0.717) is 32.6 Å². The van der Waals surface area contributed by atoms with Crippen molar-refractivity contribution in [3.05, 3.63) is 30.1 Å². The van der Waals surface area contributed by atoms with Crippen molar-refractivity contribution in [3.8, 4) is 0 Å². The van der Waals surface area contributed by atoms with Gasteiger partial charge in [0.05, 0.1) is 6.54 Å². The van der Waals surface area contributed by atoms with Crippen LogP contribution in [0.3, 0.4) is 0 Å². The Labute approximate surface area is 123 Å². The number of benzene rings is 1. The third kappa shape index (κ3) is 4.18. The molecule has 1 aromatic rings. The van der Waals surface area contributed by atoms with Crippen molar-refractivity contribution < 1.29 is 14.0 Å². The Balaban J connectivity index is 1.81. The Kier molecular flexibility index (Phi) is 5.14. The second-order valence-corrected chi connectivity index (χ2v) is 4.97. The quantitative estimate of drug-likeness (QED) is 0.901. The number of rotatable bonds is 4. The summed E-state index contributed by atoms with van der Waals surface area (Å²) in [7, 11) is 0. The third-order valence-electron chi connectivity index (χ3n) is 3.58. The molecule has 1 aliphatic heterocycles. The van der Waals surface area contributed by atoms with Crippen molar-refractivity contribution in [1.29, 1.82) is 0 Å². The molecule has 0 spiro atoms. The van der Waals surface area contributed by atoms with Crippen LogP contribution in [0.4, 0.5) is 10.1 Å². The van der Waals surface area contributed by atoms with Crippen molar-refractivity contribution in [3.63, 3.8) is 0 Å². The van der Waals surface area contributed by atoms with Crippen molar-refractivity contribution in [2.24, 2.45) is 0 Å². The maximum absolute atomic E-state index is 12.9. The fourth-order valence-corrected chi connectivity index (χ4v) is 2.28. The molecular weight excluding hydrogens is 273 g/mol. The summed E-state index contributed by atoms with van der Waals surface area (Å²) in [6, 6.07) is 6.36. The van der Waals surface area contributed by atoms with E-state index in [0.717, 1.165) is 5.69 Å². The van der Waals surface area contributed by atoms with Crippen LogP contribution in [0.1, 0.15) is 13.3 Å². The van der Waals surface area contributed by atoms with Gasteiger partial charge in [0, 0.05) is 38.3 Å². The maximum atomic E-state index is 12.9. The normalized spacial score (nSPS) is 15.0. The van der Waals surface area contributed by atoms with Crippen LogP contribution in [0.25, 0.3) is 0 Å². The van der Waals surface area contributed by atoms with Crippen LogP contribution in [0.15, 0.2) is 24.3 Å². The molecule has 2 rings (SSSR count). The average molecular weight is 293 g/mol. The summed E-state index contributed by atoms with van der Waals surface area (Å²) < 4.78 is 12.9. The summed E-state index contributed by atoms with van der Waals surface area (Å²) in [6.45, 7) is 4.44. The molecule has 1 fully saturated rings. The van der Waals surface area contributed by atoms with Gasteiger partial charge in [-0.1, -0.05) is 6.92 Å². The largest absolute Gasteiger partial charge is 0.368 e. The first kappa shape index (κ1) is 15.3. The summed E-state index contributed by atoms with van der Waals surface area (Å²) >= 11 is 0. The van der Waals surface area contributed by atoms with Gasteiger partial charge in [0.15, 0.2) is 0 Å². The molecule has 2 amide bonds. The standard InChI is InChI=1S/C15H20FN3O2/c1-2-14(20)17-11-15(21)19-9-7-18(8-10-19)13-5-3-12(16)4-6-13/h3-6H,2,7-11H2,1H3,(H,17,20). The lowest BCUT2D eigenvalue weighted by molar-refractivity contribution is -0.133. The lowest BCUT2D eigenvalue weighted by atomic mass is 10.2. The van der Waals surface area contributed by atoms with E-state index in [9.17, 15) is 14.0 Å². The molecule has 0 bridgehead atoms. The number of nitrogens with one attached hydrogen (secondary N) is 1. The predicted octanol–water partition coefficient (Wildman–Crippen LogP) is 1.00. The zero-order chi connectivity index (χ0) is 15.2. The third-order valence-corrected chi connectivity index (χ3v) is 3.58. The number of carbonyl (C=O) groups excluding carboxylic acids is 2. The Bertz CT molecular complexity index is 496. The number of amides is 2. The van der Waals surface area contributed by atoms with E-state index in [1.807, 2.05) is 0 Å².